The summed E-state index contributed by atoms with van der Waals surface area (Å²) in [6.07, 6.45) is 6.78. The minimum absolute atomic E-state index is 0.00684. The summed E-state index contributed by atoms with van der Waals surface area (Å²) in [4.78, 5) is 12.4. The number of hydrogen-bond donors (Lipinski definition) is 4. The molecule has 0 bridgehead atoms. The second-order valence-corrected chi connectivity index (χ2v) is 16.5. The number of fused-ring (bicyclic) bond motifs is 5. The van der Waals surface area contributed by atoms with Crippen LogP contribution in [-0.4, -0.2) is 66.5 Å². The van der Waals surface area contributed by atoms with Gasteiger partial charge in [0, 0.05) is 24.6 Å². The Morgan fingerprint density at radius 3 is 2.35 bits per heavy atom. The predicted octanol–water partition coefficient (Wildman–Crippen LogP) is 3.31. The van der Waals surface area contributed by atoms with Crippen LogP contribution in [0, 0.1) is 45.3 Å². The van der Waals surface area contributed by atoms with Gasteiger partial charge in [-0.3, -0.25) is 4.79 Å². The van der Waals surface area contributed by atoms with E-state index in [4.69, 9.17) is 0 Å². The summed E-state index contributed by atoms with van der Waals surface area (Å²) in [6.45, 7) is 11.5. The molecular weight excluding hydrogens is 490 g/mol. The van der Waals surface area contributed by atoms with Crippen molar-refractivity contribution in [3.05, 3.63) is 0 Å². The lowest BCUT2D eigenvalue weighted by Gasteiger charge is -2.70. The van der Waals surface area contributed by atoms with E-state index in [1.807, 2.05) is 0 Å². The minimum atomic E-state index is -3.11. The van der Waals surface area contributed by atoms with Gasteiger partial charge >= 0.3 is 0 Å². The van der Waals surface area contributed by atoms with Crippen LogP contribution in [0.1, 0.15) is 92.4 Å². The van der Waals surface area contributed by atoms with Crippen molar-refractivity contribution in [1.82, 2.24) is 5.32 Å². The fraction of sp³-hybridized carbons (Fsp3) is 0.966. The van der Waals surface area contributed by atoms with Gasteiger partial charge < -0.3 is 20.6 Å². The van der Waals surface area contributed by atoms with Crippen molar-refractivity contribution in [2.45, 2.75) is 111 Å². The van der Waals surface area contributed by atoms with Crippen LogP contribution in [0.3, 0.4) is 0 Å². The highest BCUT2D eigenvalue weighted by atomic mass is 32.2. The third kappa shape index (κ3) is 4.59. The maximum absolute atomic E-state index is 12.4. The highest BCUT2D eigenvalue weighted by Gasteiger charge is 2.72. The fourth-order valence-corrected chi connectivity index (χ4v) is 10.4. The van der Waals surface area contributed by atoms with E-state index < -0.39 is 22.0 Å². The molecule has 7 nitrogen and oxygen atoms in total. The molecule has 37 heavy (non-hydrogen) atoms. The summed E-state index contributed by atoms with van der Waals surface area (Å²) in [5.74, 6) is 0.603. The number of sulfone groups is 1. The molecule has 4 N–H and O–H groups in total. The predicted molar refractivity (Wildman–Crippen MR) is 144 cm³/mol. The molecule has 0 aromatic heterocycles. The number of aliphatic hydroxyl groups is 3. The first-order valence-electron chi connectivity index (χ1n) is 14.5. The summed E-state index contributed by atoms with van der Waals surface area (Å²) in [7, 11) is -3.11. The Hall–Kier alpha value is -0.700. The maximum Gasteiger partial charge on any atom is 0.220 e. The molecule has 0 saturated heterocycles. The zero-order chi connectivity index (χ0) is 27.6. The first-order valence-corrected chi connectivity index (χ1v) is 16.5. The number of rotatable bonds is 7. The first-order chi connectivity index (χ1) is 17.0. The Bertz CT molecular complexity index is 987. The van der Waals surface area contributed by atoms with Gasteiger partial charge in [0.15, 0.2) is 0 Å². The summed E-state index contributed by atoms with van der Waals surface area (Å²) in [5, 5.41) is 36.7. The van der Waals surface area contributed by atoms with Crippen LogP contribution >= 0.6 is 0 Å². The Kier molecular flexibility index (Phi) is 7.71. The van der Waals surface area contributed by atoms with Crippen molar-refractivity contribution >= 4 is 15.7 Å². The molecule has 8 heteroatoms. The van der Waals surface area contributed by atoms with E-state index in [0.717, 1.165) is 38.5 Å². The van der Waals surface area contributed by atoms with Gasteiger partial charge in [0.1, 0.15) is 9.84 Å². The molecule has 1 amide bonds. The van der Waals surface area contributed by atoms with Gasteiger partial charge in [-0.05, 0) is 91.3 Å². The normalized spacial score (nSPS) is 48.5. The highest BCUT2D eigenvalue weighted by Crippen LogP contribution is 2.75. The quantitative estimate of drug-likeness (QED) is 0.392. The monoisotopic (exact) mass is 541 g/mol. The van der Waals surface area contributed by atoms with Crippen molar-refractivity contribution in [3.8, 4) is 0 Å². The molecule has 0 aliphatic heterocycles. The summed E-state index contributed by atoms with van der Waals surface area (Å²) in [5.41, 5.74) is -0.729. The summed E-state index contributed by atoms with van der Waals surface area (Å²) < 4.78 is 22.7. The Morgan fingerprint density at radius 2 is 1.70 bits per heavy atom. The van der Waals surface area contributed by atoms with Gasteiger partial charge in [-0.25, -0.2) is 8.42 Å². The van der Waals surface area contributed by atoms with Crippen molar-refractivity contribution in [3.63, 3.8) is 0 Å². The molecule has 4 saturated carbocycles. The molecule has 11 atom stereocenters. The van der Waals surface area contributed by atoms with E-state index in [2.05, 4.69) is 39.9 Å². The topological polar surface area (TPSA) is 124 Å². The fourth-order valence-electron chi connectivity index (χ4n) is 9.96. The summed E-state index contributed by atoms with van der Waals surface area (Å²) in [6, 6.07) is 0. The van der Waals surface area contributed by atoms with Crippen molar-refractivity contribution in [2.24, 2.45) is 45.3 Å². The van der Waals surface area contributed by atoms with Crippen LogP contribution < -0.4 is 5.32 Å². The van der Waals surface area contributed by atoms with Gasteiger partial charge in [0.25, 0.3) is 0 Å². The Labute approximate surface area is 224 Å². The molecule has 0 aromatic rings. The second-order valence-electron chi connectivity index (χ2n) is 14.3. The van der Waals surface area contributed by atoms with Crippen LogP contribution in [0.2, 0.25) is 0 Å². The van der Waals surface area contributed by atoms with Crippen LogP contribution in [0.15, 0.2) is 0 Å². The SMILES string of the molecule is C[C@H](CCC(=O)NCCS(C)(=O)=O)[C@@]1(C)CC[C@H]2[C@@H]3[C@H](O)C[C@@H]4C[C@H](O)CC[C@]4(C)[C@@]3(C)C[C@H](O)[C@@]21C. The van der Waals surface area contributed by atoms with E-state index >= 15 is 0 Å². The third-order valence-corrected chi connectivity index (χ3v) is 13.8. The number of carbonyl (C=O) groups is 1. The number of carbonyl (C=O) groups excluding carboxylic acids is 1. The van der Waals surface area contributed by atoms with Crippen LogP contribution in [0.25, 0.3) is 0 Å². The zero-order valence-electron chi connectivity index (χ0n) is 23.8. The second kappa shape index (κ2) is 9.74. The van der Waals surface area contributed by atoms with E-state index in [9.17, 15) is 28.5 Å². The lowest BCUT2D eigenvalue weighted by Crippen LogP contribution is -2.68. The smallest absolute Gasteiger partial charge is 0.220 e. The van der Waals surface area contributed by atoms with Crippen molar-refractivity contribution < 1.29 is 28.5 Å². The average molecular weight is 542 g/mol. The number of nitrogens with one attached hydrogen (secondary N) is 1. The van der Waals surface area contributed by atoms with Crippen molar-refractivity contribution in [2.75, 3.05) is 18.6 Å². The molecule has 4 aliphatic carbocycles. The lowest BCUT2D eigenvalue weighted by atomic mass is 9.36. The summed E-state index contributed by atoms with van der Waals surface area (Å²) >= 11 is 0. The zero-order valence-corrected chi connectivity index (χ0v) is 24.6. The molecule has 214 valence electrons. The molecule has 4 aliphatic rings. The van der Waals surface area contributed by atoms with Gasteiger partial charge in [-0.2, -0.15) is 0 Å². The van der Waals surface area contributed by atoms with Gasteiger partial charge in [-0.1, -0.05) is 34.6 Å². The Balaban J connectivity index is 1.52. The van der Waals surface area contributed by atoms with Crippen LogP contribution in [0.5, 0.6) is 0 Å². The minimum Gasteiger partial charge on any atom is -0.393 e. The lowest BCUT2D eigenvalue weighted by molar-refractivity contribution is -0.260. The molecule has 4 rings (SSSR count). The van der Waals surface area contributed by atoms with E-state index in [1.165, 1.54) is 6.26 Å². The molecule has 0 heterocycles. The number of amides is 1. The Morgan fingerprint density at radius 1 is 1.03 bits per heavy atom. The third-order valence-electron chi connectivity index (χ3n) is 12.8. The molecular formula is C29H51NO6S. The molecule has 0 unspecified atom stereocenters. The number of hydrogen-bond acceptors (Lipinski definition) is 6. The highest BCUT2D eigenvalue weighted by molar-refractivity contribution is 7.90. The molecule has 0 aromatic carbocycles. The van der Waals surface area contributed by atoms with E-state index in [1.54, 1.807) is 0 Å². The van der Waals surface area contributed by atoms with E-state index in [0.29, 0.717) is 19.3 Å². The van der Waals surface area contributed by atoms with E-state index in [-0.39, 0.29) is 69.6 Å². The first kappa shape index (κ1) is 29.3. The van der Waals surface area contributed by atoms with Crippen LogP contribution in [-0.2, 0) is 14.6 Å². The number of aliphatic hydroxyl groups excluding tert-OH is 3. The van der Waals surface area contributed by atoms with Gasteiger partial charge in [-0.15, -0.1) is 0 Å². The molecule has 0 radical (unpaired) electrons. The standard InChI is InChI=1S/C29H51NO6S/c1-18(7-8-24(34)30-13-14-37(6,35)36)26(2)12-10-21-25-22(32)16-19-15-20(31)9-11-27(19,3)28(25,4)17-23(33)29(21,26)5/h18-23,25,31-33H,7-17H2,1-6H3,(H,30,34)/t18-,19+,20-,21+,22-,23+,25-,26-,27+,28+,29-/m1/s1. The van der Waals surface area contributed by atoms with Gasteiger partial charge in [0.05, 0.1) is 24.1 Å². The average Bonchev–Trinajstić information content (AvgIpc) is 3.06. The van der Waals surface area contributed by atoms with Crippen LogP contribution in [0.4, 0.5) is 0 Å². The largest absolute Gasteiger partial charge is 0.393 e. The van der Waals surface area contributed by atoms with Crippen molar-refractivity contribution in [1.29, 1.82) is 0 Å². The van der Waals surface area contributed by atoms with Gasteiger partial charge in [0.2, 0.25) is 5.91 Å². The maximum atomic E-state index is 12.4. The molecule has 4 fully saturated rings. The molecule has 0 spiro atoms.